The molecule has 0 aromatic heterocycles. The molecule has 0 aliphatic heterocycles. The van der Waals surface area contributed by atoms with E-state index in [4.69, 9.17) is 0 Å². The zero-order valence-electron chi connectivity index (χ0n) is 6.64. The van der Waals surface area contributed by atoms with Gasteiger partial charge in [-0.3, -0.25) is 0 Å². The van der Waals surface area contributed by atoms with Crippen LogP contribution >= 0.6 is 0 Å². The summed E-state index contributed by atoms with van der Waals surface area (Å²) in [6.45, 7) is 3.81. The van der Waals surface area contributed by atoms with Crippen LogP contribution in [-0.2, 0) is 12.8 Å². The van der Waals surface area contributed by atoms with Gasteiger partial charge in [0.25, 0.3) is 0 Å². The Kier molecular flexibility index (Phi) is 1.54. The minimum absolute atomic E-state index is 1.25. The van der Waals surface area contributed by atoms with Crippen LogP contribution in [0.2, 0.25) is 0 Å². The van der Waals surface area contributed by atoms with Crippen molar-refractivity contribution in [1.29, 1.82) is 0 Å². The van der Waals surface area contributed by atoms with Crippen LogP contribution in [-0.4, -0.2) is 0 Å². The minimum Gasteiger partial charge on any atom is -0.0985 e. The molecule has 0 saturated carbocycles. The van der Waals surface area contributed by atoms with E-state index in [2.05, 4.69) is 24.8 Å². The van der Waals surface area contributed by atoms with Gasteiger partial charge in [0.05, 0.1) is 0 Å². The van der Waals surface area contributed by atoms with Crippen LogP contribution < -0.4 is 0 Å². The molecule has 0 nitrogen and oxygen atoms in total. The van der Waals surface area contributed by atoms with E-state index >= 15 is 0 Å². The van der Waals surface area contributed by atoms with Crippen LogP contribution in [0.25, 0.3) is 6.08 Å². The number of hydrogen-bond acceptors (Lipinski definition) is 0. The third-order valence-corrected chi connectivity index (χ3v) is 2.40. The highest BCUT2D eigenvalue weighted by molar-refractivity contribution is 5.55. The molecule has 2 rings (SSSR count). The minimum atomic E-state index is 1.25. The van der Waals surface area contributed by atoms with E-state index in [0.717, 1.165) is 0 Å². The highest BCUT2D eigenvalue weighted by Gasteiger charge is 2.11. The van der Waals surface area contributed by atoms with Gasteiger partial charge >= 0.3 is 0 Å². The van der Waals surface area contributed by atoms with E-state index in [-0.39, 0.29) is 0 Å². The highest BCUT2D eigenvalue weighted by atomic mass is 14.2. The molecule has 0 N–H and O–H groups in total. The topological polar surface area (TPSA) is 0 Å². The van der Waals surface area contributed by atoms with Crippen molar-refractivity contribution in [1.82, 2.24) is 0 Å². The Labute approximate surface area is 67.6 Å². The van der Waals surface area contributed by atoms with Gasteiger partial charge in [-0.2, -0.15) is 0 Å². The lowest BCUT2D eigenvalue weighted by atomic mass is 10.0. The van der Waals surface area contributed by atoms with Crippen LogP contribution in [0.4, 0.5) is 0 Å². The van der Waals surface area contributed by atoms with E-state index in [9.17, 15) is 0 Å². The molecule has 11 heavy (non-hydrogen) atoms. The predicted octanol–water partition coefficient (Wildman–Crippen LogP) is 2.82. The largest absolute Gasteiger partial charge is 0.0985 e. The van der Waals surface area contributed by atoms with Crippen molar-refractivity contribution >= 4 is 6.08 Å². The molecule has 0 radical (unpaired) electrons. The van der Waals surface area contributed by atoms with Crippen molar-refractivity contribution in [3.63, 3.8) is 0 Å². The smallest absolute Gasteiger partial charge is 0.0228 e. The first-order valence-electron chi connectivity index (χ1n) is 4.15. The summed E-state index contributed by atoms with van der Waals surface area (Å²) in [5, 5.41) is 0. The summed E-state index contributed by atoms with van der Waals surface area (Å²) >= 11 is 0. The third-order valence-electron chi connectivity index (χ3n) is 2.40. The van der Waals surface area contributed by atoms with Crippen molar-refractivity contribution in [3.05, 3.63) is 41.5 Å². The summed E-state index contributed by atoms with van der Waals surface area (Å²) in [4.78, 5) is 0. The molecule has 0 bridgehead atoms. The molecule has 0 unspecified atom stereocenters. The zero-order chi connectivity index (χ0) is 7.68. The number of fused-ring (bicyclic) bond motifs is 1. The van der Waals surface area contributed by atoms with Gasteiger partial charge in [0.2, 0.25) is 0 Å². The molecule has 0 heteroatoms. The van der Waals surface area contributed by atoms with Gasteiger partial charge in [0.1, 0.15) is 0 Å². The molecule has 0 fully saturated rings. The summed E-state index contributed by atoms with van der Waals surface area (Å²) < 4.78 is 0. The van der Waals surface area contributed by atoms with Crippen molar-refractivity contribution in [3.8, 4) is 0 Å². The van der Waals surface area contributed by atoms with Crippen LogP contribution in [0.1, 0.15) is 23.1 Å². The quantitative estimate of drug-likeness (QED) is 0.568. The first-order chi connectivity index (χ1) is 5.42. The highest BCUT2D eigenvalue weighted by Crippen LogP contribution is 2.25. The Morgan fingerprint density at radius 3 is 3.00 bits per heavy atom. The average Bonchev–Trinajstić information content (AvgIpc) is 2.50. The summed E-state index contributed by atoms with van der Waals surface area (Å²) in [6, 6.07) is 6.51. The van der Waals surface area contributed by atoms with Gasteiger partial charge in [-0.25, -0.2) is 0 Å². The van der Waals surface area contributed by atoms with Gasteiger partial charge in [-0.15, -0.1) is 0 Å². The van der Waals surface area contributed by atoms with Gasteiger partial charge in [-0.05, 0) is 36.0 Å². The molecule has 0 amide bonds. The Morgan fingerprint density at radius 1 is 1.27 bits per heavy atom. The van der Waals surface area contributed by atoms with Gasteiger partial charge in [-0.1, -0.05) is 30.9 Å². The summed E-state index contributed by atoms with van der Waals surface area (Å²) in [7, 11) is 0. The molecule has 1 aromatic rings. The maximum atomic E-state index is 3.81. The van der Waals surface area contributed by atoms with E-state index in [0.29, 0.717) is 0 Å². The lowest BCUT2D eigenvalue weighted by Crippen LogP contribution is -1.85. The van der Waals surface area contributed by atoms with E-state index < -0.39 is 0 Å². The van der Waals surface area contributed by atoms with E-state index in [1.54, 1.807) is 0 Å². The standard InChI is InChI=1S/C11H12/c1-2-9-5-3-6-10-7-4-8-11(9)10/h2-3,5-6H,1,4,7-8H2. The van der Waals surface area contributed by atoms with Crippen LogP contribution in [0, 0.1) is 0 Å². The fraction of sp³-hybridized carbons (Fsp3) is 0.273. The van der Waals surface area contributed by atoms with Crippen molar-refractivity contribution in [2.45, 2.75) is 19.3 Å². The Bertz CT molecular complexity index is 284. The summed E-state index contributed by atoms with van der Waals surface area (Å²) in [5.41, 5.74) is 4.39. The first kappa shape index (κ1) is 6.66. The van der Waals surface area contributed by atoms with Crippen LogP contribution in [0.15, 0.2) is 24.8 Å². The van der Waals surface area contributed by atoms with Gasteiger partial charge in [0, 0.05) is 0 Å². The van der Waals surface area contributed by atoms with E-state index in [1.807, 2.05) is 6.08 Å². The maximum Gasteiger partial charge on any atom is -0.0228 e. The van der Waals surface area contributed by atoms with Gasteiger partial charge < -0.3 is 0 Å². The van der Waals surface area contributed by atoms with Gasteiger partial charge in [0.15, 0.2) is 0 Å². The second-order valence-corrected chi connectivity index (χ2v) is 3.04. The molecule has 0 heterocycles. The Morgan fingerprint density at radius 2 is 2.18 bits per heavy atom. The van der Waals surface area contributed by atoms with Crippen LogP contribution in [0.5, 0.6) is 0 Å². The SMILES string of the molecule is C=Cc1cccc2c1CCC2. The lowest BCUT2D eigenvalue weighted by molar-refractivity contribution is 0.911. The number of aryl methyl sites for hydroxylation is 1. The molecule has 56 valence electrons. The molecular formula is C11H12. The molecule has 0 saturated heterocycles. The Hall–Kier alpha value is -1.04. The third kappa shape index (κ3) is 0.988. The predicted molar refractivity (Wildman–Crippen MR) is 48.6 cm³/mol. The lowest BCUT2D eigenvalue weighted by Gasteiger charge is -2.01. The molecule has 1 aliphatic carbocycles. The van der Waals surface area contributed by atoms with Crippen LogP contribution in [0.3, 0.4) is 0 Å². The zero-order valence-corrected chi connectivity index (χ0v) is 6.64. The van der Waals surface area contributed by atoms with Crippen molar-refractivity contribution < 1.29 is 0 Å². The second kappa shape index (κ2) is 2.54. The molecule has 1 aromatic carbocycles. The monoisotopic (exact) mass is 144 g/mol. The van der Waals surface area contributed by atoms with Crippen molar-refractivity contribution in [2.75, 3.05) is 0 Å². The molecule has 0 atom stereocenters. The normalized spacial score (nSPS) is 14.5. The molecular weight excluding hydrogens is 132 g/mol. The summed E-state index contributed by atoms with van der Waals surface area (Å²) in [5.74, 6) is 0. The number of rotatable bonds is 1. The van der Waals surface area contributed by atoms with E-state index in [1.165, 1.54) is 36.0 Å². The second-order valence-electron chi connectivity index (χ2n) is 3.04. The number of hydrogen-bond donors (Lipinski definition) is 0. The summed E-state index contributed by atoms with van der Waals surface area (Å²) in [6.07, 6.45) is 5.79. The fourth-order valence-electron chi connectivity index (χ4n) is 1.84. The number of benzene rings is 1. The maximum absolute atomic E-state index is 3.81. The Balaban J connectivity index is 2.58. The fourth-order valence-corrected chi connectivity index (χ4v) is 1.84. The molecule has 0 spiro atoms. The average molecular weight is 144 g/mol. The molecule has 1 aliphatic rings. The first-order valence-corrected chi connectivity index (χ1v) is 4.15. The van der Waals surface area contributed by atoms with Crippen molar-refractivity contribution in [2.24, 2.45) is 0 Å².